The summed E-state index contributed by atoms with van der Waals surface area (Å²) in [5, 5.41) is 14.2. The van der Waals surface area contributed by atoms with Crippen molar-refractivity contribution in [2.75, 3.05) is 24.2 Å². The smallest absolute Gasteiger partial charge is 0.243 e. The Kier molecular flexibility index (Phi) is 6.99. The third kappa shape index (κ3) is 4.90. The lowest BCUT2D eigenvalue weighted by atomic mass is 10.3. The molecule has 2 heterocycles. The predicted molar refractivity (Wildman–Crippen MR) is 128 cm³/mol. The van der Waals surface area contributed by atoms with Crippen molar-refractivity contribution in [1.29, 1.82) is 0 Å². The van der Waals surface area contributed by atoms with Crippen LogP contribution < -0.4 is 5.32 Å². The van der Waals surface area contributed by atoms with Crippen molar-refractivity contribution in [3.8, 4) is 10.7 Å². The van der Waals surface area contributed by atoms with Crippen LogP contribution in [0.15, 0.2) is 51.8 Å². The summed E-state index contributed by atoms with van der Waals surface area (Å²) in [5.41, 5.74) is 0.451. The van der Waals surface area contributed by atoms with Gasteiger partial charge < -0.3 is 5.32 Å². The fourth-order valence-corrected chi connectivity index (χ4v) is 6.40. The molecule has 0 bridgehead atoms. The zero-order valence-electron chi connectivity index (χ0n) is 17.9. The Labute approximate surface area is 196 Å². The van der Waals surface area contributed by atoms with Gasteiger partial charge in [-0.3, -0.25) is 9.36 Å². The van der Waals surface area contributed by atoms with Crippen molar-refractivity contribution in [2.24, 2.45) is 0 Å². The quantitative estimate of drug-likeness (QED) is 0.429. The molecule has 170 valence electrons. The fourth-order valence-electron chi connectivity index (χ4n) is 3.39. The molecule has 1 amide bonds. The summed E-state index contributed by atoms with van der Waals surface area (Å²) in [6.07, 6.45) is 2.17. The van der Waals surface area contributed by atoms with Crippen LogP contribution >= 0.6 is 23.1 Å². The molecule has 2 aromatic heterocycles. The maximum absolute atomic E-state index is 12.7. The lowest BCUT2D eigenvalue weighted by Crippen LogP contribution is -2.30. The van der Waals surface area contributed by atoms with E-state index in [0.717, 1.165) is 28.7 Å². The second-order valence-electron chi connectivity index (χ2n) is 7.34. The molecular formula is C21H25N5O3S3. The number of hydrogen-bond donors (Lipinski definition) is 1. The van der Waals surface area contributed by atoms with E-state index in [1.165, 1.54) is 22.1 Å². The number of rotatable bonds is 10. The fraction of sp³-hybridized carbons (Fsp3) is 0.381. The number of amides is 1. The number of anilines is 1. The van der Waals surface area contributed by atoms with E-state index in [4.69, 9.17) is 0 Å². The minimum absolute atomic E-state index is 0.155. The maximum Gasteiger partial charge on any atom is 0.243 e. The molecule has 1 aromatic carbocycles. The van der Waals surface area contributed by atoms with Crippen LogP contribution in [0.5, 0.6) is 0 Å². The number of carbonyl (C=O) groups is 1. The Morgan fingerprint density at radius 1 is 1.22 bits per heavy atom. The van der Waals surface area contributed by atoms with E-state index in [9.17, 15) is 13.2 Å². The van der Waals surface area contributed by atoms with Crippen LogP contribution in [0.1, 0.15) is 32.7 Å². The molecule has 1 aliphatic rings. The second-order valence-corrected chi connectivity index (χ2v) is 11.2. The molecule has 3 aromatic rings. The summed E-state index contributed by atoms with van der Waals surface area (Å²) in [5.74, 6) is 0.776. The monoisotopic (exact) mass is 491 g/mol. The molecule has 1 N–H and O–H groups in total. The molecule has 8 nitrogen and oxygen atoms in total. The normalized spacial score (nSPS) is 14.1. The number of thioether (sulfide) groups is 1. The summed E-state index contributed by atoms with van der Waals surface area (Å²) in [6.45, 7) is 4.38. The molecule has 0 atom stereocenters. The van der Waals surface area contributed by atoms with Gasteiger partial charge in [-0.05, 0) is 42.5 Å². The van der Waals surface area contributed by atoms with Crippen molar-refractivity contribution in [2.45, 2.75) is 42.8 Å². The number of nitrogens with one attached hydrogen (secondary N) is 1. The molecule has 4 rings (SSSR count). The molecule has 32 heavy (non-hydrogen) atoms. The number of thiophene rings is 1. The molecule has 11 heteroatoms. The molecule has 0 saturated heterocycles. The van der Waals surface area contributed by atoms with Crippen LogP contribution in [0, 0.1) is 0 Å². The number of hydrogen-bond acceptors (Lipinski definition) is 7. The third-order valence-electron chi connectivity index (χ3n) is 5.11. The van der Waals surface area contributed by atoms with Gasteiger partial charge in [-0.15, -0.1) is 21.5 Å². The molecule has 0 radical (unpaired) electrons. The highest BCUT2D eigenvalue weighted by Gasteiger charge is 2.30. The summed E-state index contributed by atoms with van der Waals surface area (Å²) in [6, 6.07) is 10.8. The van der Waals surface area contributed by atoms with Gasteiger partial charge in [0.05, 0.1) is 15.5 Å². The second kappa shape index (κ2) is 9.74. The van der Waals surface area contributed by atoms with E-state index in [1.54, 1.807) is 43.4 Å². The van der Waals surface area contributed by atoms with Gasteiger partial charge >= 0.3 is 0 Å². The van der Waals surface area contributed by atoms with Crippen molar-refractivity contribution >= 4 is 44.7 Å². The summed E-state index contributed by atoms with van der Waals surface area (Å²) in [7, 11) is -3.59. The largest absolute Gasteiger partial charge is 0.325 e. The van der Waals surface area contributed by atoms with Crippen LogP contribution in [0.2, 0.25) is 0 Å². The number of nitrogens with zero attached hydrogens (tertiary/aromatic N) is 4. The first-order chi connectivity index (χ1) is 15.4. The predicted octanol–water partition coefficient (Wildman–Crippen LogP) is 4.10. The molecule has 0 aliphatic heterocycles. The van der Waals surface area contributed by atoms with Crippen LogP contribution in [-0.2, 0) is 14.8 Å². The minimum atomic E-state index is -3.59. The Morgan fingerprint density at radius 3 is 2.66 bits per heavy atom. The highest BCUT2D eigenvalue weighted by molar-refractivity contribution is 7.99. The van der Waals surface area contributed by atoms with Gasteiger partial charge in [-0.1, -0.05) is 37.7 Å². The minimum Gasteiger partial charge on any atom is -0.325 e. The SMILES string of the molecule is CCN(CC)S(=O)(=O)c1cccc(NC(=O)CSc2nnc(-c3cccs3)n2C2CC2)c1. The van der Waals surface area contributed by atoms with Crippen molar-refractivity contribution in [3.05, 3.63) is 41.8 Å². The van der Waals surface area contributed by atoms with Gasteiger partial charge in [0.2, 0.25) is 15.9 Å². The van der Waals surface area contributed by atoms with Crippen molar-refractivity contribution in [3.63, 3.8) is 0 Å². The highest BCUT2D eigenvalue weighted by Crippen LogP contribution is 2.41. The van der Waals surface area contributed by atoms with Crippen molar-refractivity contribution in [1.82, 2.24) is 19.1 Å². The maximum atomic E-state index is 12.7. The summed E-state index contributed by atoms with van der Waals surface area (Å²) < 4.78 is 29.0. The Bertz CT molecular complexity index is 1180. The van der Waals surface area contributed by atoms with Gasteiger partial charge in [0.25, 0.3) is 0 Å². The van der Waals surface area contributed by atoms with E-state index in [0.29, 0.717) is 24.8 Å². The van der Waals surface area contributed by atoms with E-state index in [2.05, 4.69) is 20.1 Å². The highest BCUT2D eigenvalue weighted by atomic mass is 32.2. The third-order valence-corrected chi connectivity index (χ3v) is 8.97. The van der Waals surface area contributed by atoms with E-state index >= 15 is 0 Å². The number of sulfonamides is 1. The van der Waals surface area contributed by atoms with Gasteiger partial charge in [0.15, 0.2) is 11.0 Å². The average Bonchev–Trinajstić information content (AvgIpc) is 3.30. The van der Waals surface area contributed by atoms with Gasteiger partial charge in [0, 0.05) is 24.8 Å². The summed E-state index contributed by atoms with van der Waals surface area (Å²) in [4.78, 5) is 13.8. The molecular weight excluding hydrogens is 466 g/mol. The standard InChI is InChI=1S/C21H25N5O3S3/c1-3-25(4-2)32(28,29)17-8-5-7-15(13-17)22-19(27)14-31-21-24-23-20(18-9-6-12-30-18)26(21)16-10-11-16/h5-9,12-13,16H,3-4,10-11,14H2,1-2H3,(H,22,27). The Morgan fingerprint density at radius 2 is 2.00 bits per heavy atom. The van der Waals surface area contributed by atoms with Crippen molar-refractivity contribution < 1.29 is 13.2 Å². The number of carbonyl (C=O) groups excluding carboxylic acids is 1. The van der Waals surface area contributed by atoms with Crippen LogP contribution in [0.4, 0.5) is 5.69 Å². The van der Waals surface area contributed by atoms with E-state index in [-0.39, 0.29) is 16.6 Å². The lowest BCUT2D eigenvalue weighted by Gasteiger charge is -2.18. The molecule has 0 unspecified atom stereocenters. The summed E-state index contributed by atoms with van der Waals surface area (Å²) >= 11 is 2.96. The molecule has 0 spiro atoms. The number of benzene rings is 1. The first-order valence-electron chi connectivity index (χ1n) is 10.5. The molecule has 1 fully saturated rings. The Balaban J connectivity index is 1.44. The van der Waals surface area contributed by atoms with E-state index in [1.807, 2.05) is 17.5 Å². The molecule has 1 saturated carbocycles. The van der Waals surface area contributed by atoms with E-state index < -0.39 is 10.0 Å². The molecule has 1 aliphatic carbocycles. The number of aromatic nitrogens is 3. The zero-order valence-corrected chi connectivity index (χ0v) is 20.3. The lowest BCUT2D eigenvalue weighted by molar-refractivity contribution is -0.113. The average molecular weight is 492 g/mol. The van der Waals surface area contributed by atoms with Crippen LogP contribution in [-0.4, -0.2) is 52.2 Å². The van der Waals surface area contributed by atoms with Crippen LogP contribution in [0.3, 0.4) is 0 Å². The van der Waals surface area contributed by atoms with Gasteiger partial charge in [-0.25, -0.2) is 8.42 Å². The van der Waals surface area contributed by atoms with Gasteiger partial charge in [-0.2, -0.15) is 4.31 Å². The zero-order chi connectivity index (χ0) is 22.7. The first kappa shape index (κ1) is 23.0. The van der Waals surface area contributed by atoms with Crippen LogP contribution in [0.25, 0.3) is 10.7 Å². The first-order valence-corrected chi connectivity index (χ1v) is 13.8. The van der Waals surface area contributed by atoms with Gasteiger partial charge in [0.1, 0.15) is 0 Å². The topological polar surface area (TPSA) is 97.2 Å². The Hall–Kier alpha value is -2.21.